The number of likely N-dealkylation sites (N-methyl/N-ethyl adjacent to an activating group) is 1. The van der Waals surface area contributed by atoms with Gasteiger partial charge in [0.05, 0.1) is 172 Å². The number of fused-ring (bicyclic) bond motifs is 5. The lowest BCUT2D eigenvalue weighted by atomic mass is 10.1. The van der Waals surface area contributed by atoms with Gasteiger partial charge in [0.15, 0.2) is 0 Å². The zero-order chi connectivity index (χ0) is 91.5. The number of sulfone groups is 1. The molecule has 0 spiro atoms. The van der Waals surface area contributed by atoms with Crippen molar-refractivity contribution in [3.63, 3.8) is 0 Å². The average molecular weight is 2030 g/mol. The van der Waals surface area contributed by atoms with Crippen LogP contribution >= 0.6 is 142 Å². The van der Waals surface area contributed by atoms with Crippen molar-refractivity contribution in [1.82, 2.24) is 29.8 Å². The number of nitrogens with zero attached hydrogens (tertiary/aromatic N) is 6. The quantitative estimate of drug-likeness (QED) is 0.0134. The number of halogens is 7. The number of benzene rings is 1. The van der Waals surface area contributed by atoms with Gasteiger partial charge in [0, 0.05) is 118 Å². The molecule has 15 heterocycles. The van der Waals surface area contributed by atoms with Crippen LogP contribution < -0.4 is 60.6 Å². The largest absolute Gasteiger partial charge is 0.467 e. The minimum absolute atomic E-state index is 0.0432. The summed E-state index contributed by atoms with van der Waals surface area (Å²) < 4.78 is 69.4. The van der Waals surface area contributed by atoms with Crippen molar-refractivity contribution >= 4 is 249 Å². The lowest BCUT2D eigenvalue weighted by Crippen LogP contribution is -2.41. The van der Waals surface area contributed by atoms with Crippen molar-refractivity contribution < 1.29 is 44.5 Å². The van der Waals surface area contributed by atoms with Crippen molar-refractivity contribution in [1.29, 1.82) is 0 Å². The van der Waals surface area contributed by atoms with Crippen LogP contribution in [0.2, 0.25) is 25.8 Å². The Morgan fingerprint density at radius 2 is 0.875 bits per heavy atom. The summed E-state index contributed by atoms with van der Waals surface area (Å²) in [7, 11) is 0.298. The Hall–Kier alpha value is -9.19. The van der Waals surface area contributed by atoms with Gasteiger partial charge in [-0.2, -0.15) is 11.8 Å². The van der Waals surface area contributed by atoms with E-state index in [9.17, 15) is 22.4 Å². The first-order chi connectivity index (χ1) is 61.3. The van der Waals surface area contributed by atoms with Crippen LogP contribution in [0, 0.1) is 19.7 Å². The maximum Gasteiger partial charge on any atom is 0.241 e. The first-order valence-corrected chi connectivity index (χ1v) is 49.8. The highest BCUT2D eigenvalue weighted by molar-refractivity contribution is 9.10. The summed E-state index contributed by atoms with van der Waals surface area (Å²) in [5.41, 5.74) is 41.0. The number of carbonyl (C=O) groups excluding carboxylic acids is 2. The number of para-hydroxylation sites is 1. The van der Waals surface area contributed by atoms with Crippen LogP contribution in [0.5, 0.6) is 0 Å². The zero-order valence-corrected chi connectivity index (χ0v) is 81.0. The van der Waals surface area contributed by atoms with E-state index in [-0.39, 0.29) is 35.9 Å². The van der Waals surface area contributed by atoms with E-state index in [0.717, 1.165) is 152 Å². The summed E-state index contributed by atoms with van der Waals surface area (Å²) in [6.07, 6.45) is 16.0. The maximum atomic E-state index is 13.7. The van der Waals surface area contributed by atoms with Crippen LogP contribution in [-0.4, -0.2) is 118 Å². The summed E-state index contributed by atoms with van der Waals surface area (Å²) in [6, 6.07) is 35.9. The number of thioether (sulfide) groups is 1. The molecule has 16 aromatic rings. The molecule has 0 radical (unpaired) electrons. The third-order valence-corrected chi connectivity index (χ3v) is 29.4. The highest BCUT2D eigenvalue weighted by atomic mass is 79.9. The number of hydrogen-bond acceptors (Lipinski definition) is 30. The topological polar surface area (TPSA) is 404 Å². The van der Waals surface area contributed by atoms with Gasteiger partial charge in [-0.05, 0) is 145 Å². The summed E-state index contributed by atoms with van der Waals surface area (Å²) in [5.74, 6) is 4.00. The zero-order valence-electron chi connectivity index (χ0n) is 69.9. The van der Waals surface area contributed by atoms with Crippen molar-refractivity contribution in [3.8, 4) is 0 Å². The predicted octanol–water partition coefficient (Wildman–Crippen LogP) is 21.0. The minimum atomic E-state index is -3.11. The maximum absolute atomic E-state index is 13.7. The Morgan fingerprint density at radius 1 is 0.500 bits per heavy atom. The second kappa shape index (κ2) is 46.1. The van der Waals surface area contributed by atoms with E-state index in [0.29, 0.717) is 76.8 Å². The van der Waals surface area contributed by atoms with Gasteiger partial charge in [-0.15, -0.1) is 63.3 Å². The van der Waals surface area contributed by atoms with Crippen LogP contribution in [0.1, 0.15) is 64.3 Å². The molecule has 0 saturated heterocycles. The van der Waals surface area contributed by atoms with Gasteiger partial charge in [-0.3, -0.25) is 9.59 Å². The second-order valence-electron chi connectivity index (χ2n) is 29.6. The van der Waals surface area contributed by atoms with Gasteiger partial charge in [-0.25, -0.2) is 37.7 Å². The summed E-state index contributed by atoms with van der Waals surface area (Å²) in [4.78, 5) is 53.4. The highest BCUT2D eigenvalue weighted by Crippen LogP contribution is 2.43. The Balaban J connectivity index is 0.000000146. The fourth-order valence-corrected chi connectivity index (χ4v) is 22.5. The van der Waals surface area contributed by atoms with Gasteiger partial charge in [0.1, 0.15) is 70.2 Å². The third kappa shape index (κ3) is 27.2. The number of nitrogens with one attached hydrogen (secondary N) is 6. The van der Waals surface area contributed by atoms with Crippen LogP contribution in [0.4, 0.5) is 38.5 Å². The molecule has 0 fully saturated rings. The van der Waals surface area contributed by atoms with Crippen LogP contribution in [0.25, 0.3) is 51.1 Å². The van der Waals surface area contributed by atoms with Crippen molar-refractivity contribution in [2.75, 3.05) is 70.0 Å². The van der Waals surface area contributed by atoms with Crippen molar-refractivity contribution in [2.24, 2.45) is 28.7 Å². The van der Waals surface area contributed by atoms with Crippen LogP contribution in [0.15, 0.2) is 198 Å². The Kier molecular flexibility index (Phi) is 35.2. The molecule has 16 rings (SSSR count). The fraction of sp³-hybridized carbons (Fsp3) is 0.261. The molecule has 26 nitrogen and oxygen atoms in total. The number of aromatic nitrogens is 5. The molecule has 0 aliphatic rings. The van der Waals surface area contributed by atoms with E-state index in [2.05, 4.69) is 85.6 Å². The molecule has 5 atom stereocenters. The molecule has 0 aliphatic heterocycles. The highest BCUT2D eigenvalue weighted by Gasteiger charge is 2.26. The van der Waals surface area contributed by atoms with Gasteiger partial charge < -0.3 is 87.6 Å². The number of amides is 2. The van der Waals surface area contributed by atoms with E-state index in [4.69, 9.17) is 109 Å². The Bertz CT molecular complexity index is 6520. The minimum Gasteiger partial charge on any atom is -0.467 e. The molecule has 0 unspecified atom stereocenters. The number of aryl methyl sites for hydroxylation is 2. The normalized spacial score (nSPS) is 12.5. The number of rotatable bonds is 33. The van der Waals surface area contributed by atoms with E-state index in [1.165, 1.54) is 44.4 Å². The molecule has 0 bridgehead atoms. The first kappa shape index (κ1) is 97.9. The predicted molar refractivity (Wildman–Crippen MR) is 531 cm³/mol. The molecule has 674 valence electrons. The molecule has 40 heteroatoms. The molecule has 1 aromatic carbocycles. The van der Waals surface area contributed by atoms with Gasteiger partial charge in [-0.1, -0.05) is 76.2 Å². The standard InChI is InChI=1S/C21H18ClFN4O2S.C18H21ClN4O2S.C17H20ClN3O3S2.C16H17BrClN3OS2.C16H16ClN3OS/c22-19-10-17(25-11-12-4-3-7-29-12)20-18(26-19)9-13(30-20)8-15(24)21(28)27-16-6-2-1-5-14(16)23;1-10-14(7-12(20)18(24)23(2)3)26-17-13(8-15(19)22-16(10)17)21-9-11-5-4-6-25-11;1-10-14(6-11(19)9-26(2,22)23)25-17-13(7-15(18)21-16(10)17)20-8-12-4-3-5-24-12;1-23-8-9(19)5-12-14(17)15-16(24-12)11(6-13(18)21-15)20-7-10-3-2-4-22-10;1-2-10(18)6-12-7-14-16(22-12)13(8-15(17)20-14)19-9-11-4-3-5-21-11/h1-7,9-10,15H,8,11,24H2,(H,25,26)(H,27,28);4-6,8,12H,7,9,20H2,1-3H3,(H,21,22);3-5,7,11H,6,8-9,19H2,1-2H3,(H,20,21);2-4,6,9H,5,7-8,19H2,1H3,(H,20,21);2-5,7-8,10H,1,6,9,18H2,(H,19,20)/t15-;12-;11-;9-;10-/m11110/s1. The molecule has 2 amide bonds. The van der Waals surface area contributed by atoms with E-state index >= 15 is 0 Å². The molecule has 16 N–H and O–H groups in total. The lowest BCUT2D eigenvalue weighted by Gasteiger charge is -2.16. The number of hydrogen-bond donors (Lipinski definition) is 11. The number of carbonyl (C=O) groups is 2. The molecule has 0 aliphatic carbocycles. The van der Waals surface area contributed by atoms with Crippen LogP contribution in [-0.2, 0) is 84.3 Å². The number of pyridine rings is 5. The summed E-state index contributed by atoms with van der Waals surface area (Å²) in [6.45, 7) is 10.4. The Labute approximate surface area is 795 Å². The number of furan rings is 5. The number of anilines is 6. The van der Waals surface area contributed by atoms with E-state index in [1.54, 1.807) is 139 Å². The number of thiophene rings is 5. The second-order valence-corrected chi connectivity index (χ2v) is 41.0. The lowest BCUT2D eigenvalue weighted by molar-refractivity contribution is -0.130. The number of nitrogens with two attached hydrogens (primary N) is 5. The molecule has 128 heavy (non-hydrogen) atoms. The van der Waals surface area contributed by atoms with Crippen molar-refractivity contribution in [2.45, 2.75) is 109 Å². The monoisotopic (exact) mass is 2030 g/mol. The summed E-state index contributed by atoms with van der Waals surface area (Å²) >= 11 is 44.3. The molecular formula is C88H92BrCl5FN17O9S7. The first-order valence-electron chi connectivity index (χ1n) is 39.6. The average Bonchev–Trinajstić information content (AvgIpc) is 1.66. The Morgan fingerprint density at radius 3 is 1.27 bits per heavy atom. The molecule has 15 aromatic heterocycles. The van der Waals surface area contributed by atoms with E-state index in [1.807, 2.05) is 98.8 Å². The summed E-state index contributed by atoms with van der Waals surface area (Å²) in [5, 5.41) is 21.3. The SMILES string of the molecule is C=C[C@H](N)Cc1cc2nc(Cl)cc(NCc3ccco3)c2s1.CSC[C@H](N)Cc1sc2c(NCc3ccco3)cc(Cl)nc2c1Br.Cc1c(C[C@@H](N)C(=O)N(C)C)sc2c(NCc3ccco3)cc(Cl)nc12.Cc1c(C[C@@H](N)CS(C)(=O)=O)sc2c(NCc3ccco3)cc(Cl)nc12.N[C@H](Cc1cc2nc(Cl)cc(NCc3ccco3)c2s1)C(=O)Nc1ccccc1F. The molecule has 0 saturated carbocycles. The van der Waals surface area contributed by atoms with Gasteiger partial charge >= 0.3 is 0 Å². The van der Waals surface area contributed by atoms with Gasteiger partial charge in [0.25, 0.3) is 0 Å². The third-order valence-electron chi connectivity index (χ3n) is 19.2. The fourth-order valence-electron chi connectivity index (χ4n) is 13.1. The van der Waals surface area contributed by atoms with E-state index < -0.39 is 39.7 Å². The smallest absolute Gasteiger partial charge is 0.241 e. The van der Waals surface area contributed by atoms with Crippen molar-refractivity contribution in [3.05, 3.63) is 272 Å². The van der Waals surface area contributed by atoms with Crippen LogP contribution in [0.3, 0.4) is 0 Å². The van der Waals surface area contributed by atoms with Gasteiger partial charge in [0.2, 0.25) is 11.8 Å². The molecular weight excluding hydrogens is 1940 g/mol.